The van der Waals surface area contributed by atoms with Crippen LogP contribution in [-0.2, 0) is 4.79 Å². The first-order chi connectivity index (χ1) is 6.66. The molecule has 1 aromatic rings. The van der Waals surface area contributed by atoms with Gasteiger partial charge in [-0.2, -0.15) is 0 Å². The number of anilines is 1. The first kappa shape index (κ1) is 9.99. The molecule has 0 aliphatic carbocycles. The fourth-order valence-corrected chi connectivity index (χ4v) is 2.23. The molecule has 0 spiro atoms. The van der Waals surface area contributed by atoms with E-state index in [2.05, 4.69) is 15.9 Å². The second-order valence-electron chi connectivity index (χ2n) is 3.31. The minimum absolute atomic E-state index is 0.289. The van der Waals surface area contributed by atoms with Crippen LogP contribution >= 0.6 is 27.5 Å². The summed E-state index contributed by atoms with van der Waals surface area (Å²) < 4.78 is 0.983. The standard InChI is InChI=1S/C10H9BrClNO/c11-9-2-1-7(12)5-10(9)13-4-3-8(14)6-13/h1-2,5H,3-4,6H2. The zero-order valence-corrected chi connectivity index (χ0v) is 9.81. The molecule has 4 heteroatoms. The van der Waals surface area contributed by atoms with E-state index < -0.39 is 0 Å². The van der Waals surface area contributed by atoms with Crippen LogP contribution in [0.15, 0.2) is 22.7 Å². The monoisotopic (exact) mass is 273 g/mol. The number of hydrogen-bond acceptors (Lipinski definition) is 2. The molecule has 1 saturated heterocycles. The van der Waals surface area contributed by atoms with Gasteiger partial charge in [0.15, 0.2) is 5.78 Å². The lowest BCUT2D eigenvalue weighted by molar-refractivity contribution is -0.116. The van der Waals surface area contributed by atoms with E-state index in [4.69, 9.17) is 11.6 Å². The number of nitrogens with zero attached hydrogens (tertiary/aromatic N) is 1. The quantitative estimate of drug-likeness (QED) is 0.785. The highest BCUT2D eigenvalue weighted by Gasteiger charge is 2.21. The van der Waals surface area contributed by atoms with Crippen LogP contribution in [0.5, 0.6) is 0 Å². The van der Waals surface area contributed by atoms with E-state index in [0.717, 1.165) is 16.7 Å². The van der Waals surface area contributed by atoms with Gasteiger partial charge < -0.3 is 4.90 Å². The zero-order valence-electron chi connectivity index (χ0n) is 7.46. The van der Waals surface area contributed by atoms with Crippen molar-refractivity contribution in [3.05, 3.63) is 27.7 Å². The summed E-state index contributed by atoms with van der Waals surface area (Å²) in [5, 5.41) is 0.697. The Balaban J connectivity index is 2.31. The molecule has 1 aliphatic rings. The van der Waals surface area contributed by atoms with Gasteiger partial charge in [-0.1, -0.05) is 11.6 Å². The van der Waals surface area contributed by atoms with Crippen molar-refractivity contribution in [1.82, 2.24) is 0 Å². The Morgan fingerprint density at radius 1 is 1.43 bits per heavy atom. The number of benzene rings is 1. The molecule has 2 nitrogen and oxygen atoms in total. The summed E-state index contributed by atoms with van der Waals surface area (Å²) in [4.78, 5) is 13.2. The second-order valence-corrected chi connectivity index (χ2v) is 4.60. The maximum absolute atomic E-state index is 11.1. The van der Waals surface area contributed by atoms with E-state index in [-0.39, 0.29) is 5.78 Å². The lowest BCUT2D eigenvalue weighted by Gasteiger charge is -2.18. The van der Waals surface area contributed by atoms with Crippen LogP contribution in [-0.4, -0.2) is 18.9 Å². The zero-order chi connectivity index (χ0) is 10.1. The minimum atomic E-state index is 0.289. The molecule has 0 bridgehead atoms. The predicted octanol–water partition coefficient (Wildman–Crippen LogP) is 2.88. The highest BCUT2D eigenvalue weighted by atomic mass is 79.9. The molecular formula is C10H9BrClNO. The average molecular weight is 275 g/mol. The highest BCUT2D eigenvalue weighted by molar-refractivity contribution is 9.10. The Morgan fingerprint density at radius 2 is 2.21 bits per heavy atom. The Bertz CT molecular complexity index is 380. The van der Waals surface area contributed by atoms with Crippen molar-refractivity contribution in [1.29, 1.82) is 0 Å². The minimum Gasteiger partial charge on any atom is -0.363 e. The van der Waals surface area contributed by atoms with Crippen LogP contribution in [0.3, 0.4) is 0 Å². The van der Waals surface area contributed by atoms with Crippen molar-refractivity contribution in [3.63, 3.8) is 0 Å². The molecule has 1 aromatic carbocycles. The maximum atomic E-state index is 11.1. The lowest BCUT2D eigenvalue weighted by Crippen LogP contribution is -2.19. The maximum Gasteiger partial charge on any atom is 0.153 e. The average Bonchev–Trinajstić information content (AvgIpc) is 2.56. The van der Waals surface area contributed by atoms with Crippen molar-refractivity contribution in [2.45, 2.75) is 6.42 Å². The third-order valence-electron chi connectivity index (χ3n) is 2.28. The summed E-state index contributed by atoms with van der Waals surface area (Å²) in [7, 11) is 0. The van der Waals surface area contributed by atoms with Gasteiger partial charge in [-0.3, -0.25) is 4.79 Å². The van der Waals surface area contributed by atoms with Crippen LogP contribution in [0.2, 0.25) is 5.02 Å². The number of carbonyl (C=O) groups excluding carboxylic acids is 1. The predicted molar refractivity (Wildman–Crippen MR) is 61.0 cm³/mol. The molecule has 2 rings (SSSR count). The first-order valence-corrected chi connectivity index (χ1v) is 5.55. The largest absolute Gasteiger partial charge is 0.363 e. The summed E-state index contributed by atoms with van der Waals surface area (Å²) in [6, 6.07) is 5.61. The summed E-state index contributed by atoms with van der Waals surface area (Å²) in [6.07, 6.45) is 0.638. The van der Waals surface area contributed by atoms with E-state index in [1.165, 1.54) is 0 Å². The molecule has 0 amide bonds. The van der Waals surface area contributed by atoms with Gasteiger partial charge in [-0.05, 0) is 34.1 Å². The summed E-state index contributed by atoms with van der Waals surface area (Å²) in [5.41, 5.74) is 1.00. The third-order valence-corrected chi connectivity index (χ3v) is 3.18. The lowest BCUT2D eigenvalue weighted by atomic mass is 10.3. The first-order valence-electron chi connectivity index (χ1n) is 4.38. The molecule has 0 unspecified atom stereocenters. The Hall–Kier alpha value is -0.540. The number of Topliss-reactive ketones (excluding diaryl/α,β-unsaturated/α-hetero) is 1. The van der Waals surface area contributed by atoms with Crippen molar-refractivity contribution in [3.8, 4) is 0 Å². The molecule has 0 aromatic heterocycles. The van der Waals surface area contributed by atoms with E-state index in [1.807, 2.05) is 23.1 Å². The van der Waals surface area contributed by atoms with E-state index >= 15 is 0 Å². The van der Waals surface area contributed by atoms with Gasteiger partial charge in [-0.15, -0.1) is 0 Å². The molecule has 0 atom stereocenters. The number of halogens is 2. The molecule has 0 radical (unpaired) electrons. The van der Waals surface area contributed by atoms with Crippen LogP contribution in [0.1, 0.15) is 6.42 Å². The Labute approximate surface area is 96.0 Å². The molecule has 14 heavy (non-hydrogen) atoms. The fraction of sp³-hybridized carbons (Fsp3) is 0.300. The number of ketones is 1. The van der Waals surface area contributed by atoms with Gasteiger partial charge in [0, 0.05) is 22.5 Å². The summed E-state index contributed by atoms with van der Waals surface area (Å²) >= 11 is 9.35. The number of rotatable bonds is 1. The van der Waals surface area contributed by atoms with Crippen molar-refractivity contribution in [2.24, 2.45) is 0 Å². The second kappa shape index (κ2) is 3.91. The molecule has 0 saturated carbocycles. The summed E-state index contributed by atoms with van der Waals surface area (Å²) in [6.45, 7) is 1.29. The molecule has 74 valence electrons. The normalized spacial score (nSPS) is 16.4. The molecule has 1 fully saturated rings. The van der Waals surface area contributed by atoms with Crippen LogP contribution < -0.4 is 4.90 Å². The Morgan fingerprint density at radius 3 is 2.86 bits per heavy atom. The van der Waals surface area contributed by atoms with Crippen LogP contribution in [0.4, 0.5) is 5.69 Å². The summed E-state index contributed by atoms with van der Waals surface area (Å²) in [5.74, 6) is 0.289. The van der Waals surface area contributed by atoms with E-state index in [9.17, 15) is 4.79 Å². The van der Waals surface area contributed by atoms with Gasteiger partial charge in [0.05, 0.1) is 12.2 Å². The molecular weight excluding hydrogens is 265 g/mol. The molecule has 0 N–H and O–H groups in total. The van der Waals surface area contributed by atoms with Crippen molar-refractivity contribution >= 4 is 39.0 Å². The number of hydrogen-bond donors (Lipinski definition) is 0. The Kier molecular flexibility index (Phi) is 2.79. The fourth-order valence-electron chi connectivity index (χ4n) is 1.56. The van der Waals surface area contributed by atoms with Crippen LogP contribution in [0.25, 0.3) is 0 Å². The molecule has 1 heterocycles. The van der Waals surface area contributed by atoms with Gasteiger partial charge >= 0.3 is 0 Å². The van der Waals surface area contributed by atoms with E-state index in [0.29, 0.717) is 18.0 Å². The SMILES string of the molecule is O=C1CCN(c2cc(Cl)ccc2Br)C1. The smallest absolute Gasteiger partial charge is 0.153 e. The highest BCUT2D eigenvalue weighted by Crippen LogP contribution is 2.30. The molecule has 1 aliphatic heterocycles. The van der Waals surface area contributed by atoms with Gasteiger partial charge in [0.25, 0.3) is 0 Å². The van der Waals surface area contributed by atoms with Crippen molar-refractivity contribution < 1.29 is 4.79 Å². The van der Waals surface area contributed by atoms with Gasteiger partial charge in [0.2, 0.25) is 0 Å². The topological polar surface area (TPSA) is 20.3 Å². The van der Waals surface area contributed by atoms with Crippen molar-refractivity contribution in [2.75, 3.05) is 18.0 Å². The number of carbonyl (C=O) groups is 1. The van der Waals surface area contributed by atoms with Gasteiger partial charge in [-0.25, -0.2) is 0 Å². The van der Waals surface area contributed by atoms with E-state index in [1.54, 1.807) is 0 Å². The third kappa shape index (κ3) is 1.93. The van der Waals surface area contributed by atoms with Gasteiger partial charge in [0.1, 0.15) is 0 Å². The van der Waals surface area contributed by atoms with Crippen LogP contribution in [0, 0.1) is 0 Å².